The molecule has 0 aliphatic rings. The Kier molecular flexibility index (Phi) is 3.28. The van der Waals surface area contributed by atoms with Gasteiger partial charge in [-0.15, -0.1) is 0 Å². The van der Waals surface area contributed by atoms with Crippen LogP contribution in [0.5, 0.6) is 0 Å². The average molecular weight is 288 g/mol. The number of halogens is 1. The molecule has 0 N–H and O–H groups in total. The Hall–Kier alpha value is -2.14. The lowest BCUT2D eigenvalue weighted by Crippen LogP contribution is -2.20. The molecule has 102 valence electrons. The van der Waals surface area contributed by atoms with Crippen LogP contribution in [0.4, 0.5) is 11.5 Å². The zero-order valence-electron chi connectivity index (χ0n) is 11.3. The zero-order chi connectivity index (χ0) is 14.1. The largest absolute Gasteiger partial charge is 0.326 e. The third-order valence-corrected chi connectivity index (χ3v) is 3.39. The summed E-state index contributed by atoms with van der Waals surface area (Å²) in [6.07, 6.45) is 1.48. The van der Waals surface area contributed by atoms with Crippen LogP contribution in [0.15, 0.2) is 36.7 Å². The molecule has 0 saturated carbocycles. The SMILES string of the molecule is CCN(c1ccccc1C)c1cc(Cl)nc2ncnn12. The summed E-state index contributed by atoms with van der Waals surface area (Å²) >= 11 is 6.09. The van der Waals surface area contributed by atoms with Crippen LogP contribution in [0.1, 0.15) is 12.5 Å². The van der Waals surface area contributed by atoms with Gasteiger partial charge in [0.15, 0.2) is 0 Å². The van der Waals surface area contributed by atoms with Crippen LogP contribution >= 0.6 is 11.6 Å². The van der Waals surface area contributed by atoms with Crippen LogP contribution in [-0.2, 0) is 0 Å². The number of hydrogen-bond donors (Lipinski definition) is 0. The summed E-state index contributed by atoms with van der Waals surface area (Å²) in [6.45, 7) is 4.96. The van der Waals surface area contributed by atoms with Gasteiger partial charge in [-0.3, -0.25) is 0 Å². The fourth-order valence-corrected chi connectivity index (χ4v) is 2.46. The minimum Gasteiger partial charge on any atom is -0.326 e. The Morgan fingerprint density at radius 2 is 2.10 bits per heavy atom. The van der Waals surface area contributed by atoms with Gasteiger partial charge in [-0.1, -0.05) is 29.8 Å². The van der Waals surface area contributed by atoms with Crippen molar-refractivity contribution in [2.75, 3.05) is 11.4 Å². The van der Waals surface area contributed by atoms with Crippen molar-refractivity contribution >= 4 is 28.9 Å². The van der Waals surface area contributed by atoms with Crippen molar-refractivity contribution in [2.45, 2.75) is 13.8 Å². The number of nitrogens with zero attached hydrogens (tertiary/aromatic N) is 5. The molecule has 0 spiro atoms. The average Bonchev–Trinajstić information content (AvgIpc) is 2.89. The van der Waals surface area contributed by atoms with Crippen molar-refractivity contribution in [1.82, 2.24) is 19.6 Å². The highest BCUT2D eigenvalue weighted by Crippen LogP contribution is 2.29. The number of anilines is 2. The van der Waals surface area contributed by atoms with Crippen LogP contribution in [-0.4, -0.2) is 26.1 Å². The van der Waals surface area contributed by atoms with Gasteiger partial charge in [0, 0.05) is 18.3 Å². The van der Waals surface area contributed by atoms with E-state index in [1.54, 1.807) is 10.6 Å². The number of aryl methyl sites for hydroxylation is 1. The van der Waals surface area contributed by atoms with E-state index in [0.29, 0.717) is 10.9 Å². The van der Waals surface area contributed by atoms with E-state index < -0.39 is 0 Å². The number of aromatic nitrogens is 4. The highest BCUT2D eigenvalue weighted by Gasteiger charge is 2.15. The maximum atomic E-state index is 6.09. The van der Waals surface area contributed by atoms with Crippen LogP contribution in [0.25, 0.3) is 5.78 Å². The molecule has 0 unspecified atom stereocenters. The van der Waals surface area contributed by atoms with Crippen molar-refractivity contribution in [3.05, 3.63) is 47.4 Å². The molecular formula is C14H14ClN5. The van der Waals surface area contributed by atoms with Gasteiger partial charge in [0.25, 0.3) is 5.78 Å². The summed E-state index contributed by atoms with van der Waals surface area (Å²) in [5, 5.41) is 4.64. The van der Waals surface area contributed by atoms with Crippen molar-refractivity contribution in [3.63, 3.8) is 0 Å². The van der Waals surface area contributed by atoms with Crippen molar-refractivity contribution < 1.29 is 0 Å². The van der Waals surface area contributed by atoms with Gasteiger partial charge in [-0.2, -0.15) is 19.6 Å². The van der Waals surface area contributed by atoms with Gasteiger partial charge in [0.2, 0.25) is 0 Å². The van der Waals surface area contributed by atoms with Gasteiger partial charge in [-0.05, 0) is 25.5 Å². The first-order valence-corrected chi connectivity index (χ1v) is 6.78. The van der Waals surface area contributed by atoms with E-state index in [2.05, 4.69) is 45.9 Å². The molecule has 0 aliphatic heterocycles. The number of hydrogen-bond acceptors (Lipinski definition) is 4. The first-order chi connectivity index (χ1) is 9.70. The number of para-hydroxylation sites is 1. The highest BCUT2D eigenvalue weighted by molar-refractivity contribution is 6.29. The van der Waals surface area contributed by atoms with Gasteiger partial charge < -0.3 is 4.90 Å². The fraction of sp³-hybridized carbons (Fsp3) is 0.214. The smallest absolute Gasteiger partial charge is 0.255 e. The first-order valence-electron chi connectivity index (χ1n) is 6.40. The van der Waals surface area contributed by atoms with E-state index in [9.17, 15) is 0 Å². The second-order valence-electron chi connectivity index (χ2n) is 4.44. The summed E-state index contributed by atoms with van der Waals surface area (Å²) in [7, 11) is 0. The van der Waals surface area contributed by atoms with E-state index in [-0.39, 0.29) is 0 Å². The predicted molar refractivity (Wildman–Crippen MR) is 79.7 cm³/mol. The molecule has 0 saturated heterocycles. The monoisotopic (exact) mass is 287 g/mol. The first kappa shape index (κ1) is 12.9. The number of rotatable bonds is 3. The Labute approximate surface area is 121 Å². The van der Waals surface area contributed by atoms with Crippen LogP contribution in [0, 0.1) is 6.92 Å². The Balaban J connectivity index is 2.22. The molecule has 2 heterocycles. The molecule has 6 heteroatoms. The van der Waals surface area contributed by atoms with E-state index in [1.807, 2.05) is 12.1 Å². The summed E-state index contributed by atoms with van der Waals surface area (Å²) in [6, 6.07) is 10.0. The summed E-state index contributed by atoms with van der Waals surface area (Å²) in [4.78, 5) is 10.4. The molecule has 3 aromatic rings. The van der Waals surface area contributed by atoms with Crippen LogP contribution in [0.2, 0.25) is 5.15 Å². The van der Waals surface area contributed by atoms with E-state index in [4.69, 9.17) is 11.6 Å². The molecule has 0 atom stereocenters. The number of fused-ring (bicyclic) bond motifs is 1. The molecule has 0 aliphatic carbocycles. The molecule has 5 nitrogen and oxygen atoms in total. The summed E-state index contributed by atoms with van der Waals surface area (Å²) < 4.78 is 1.70. The van der Waals surface area contributed by atoms with Gasteiger partial charge >= 0.3 is 0 Å². The standard InChI is InChI=1S/C14H14ClN5/c1-3-19(11-7-5-4-6-10(11)2)13-8-12(15)18-14-16-9-17-20(13)14/h4-9H,3H2,1-2H3. The van der Waals surface area contributed by atoms with Crippen LogP contribution < -0.4 is 4.90 Å². The summed E-state index contributed by atoms with van der Waals surface area (Å²) in [5.74, 6) is 1.36. The lowest BCUT2D eigenvalue weighted by molar-refractivity contribution is 0.877. The van der Waals surface area contributed by atoms with Gasteiger partial charge in [0.1, 0.15) is 17.3 Å². The quantitative estimate of drug-likeness (QED) is 0.694. The maximum absolute atomic E-state index is 6.09. The molecule has 0 radical (unpaired) electrons. The fourth-order valence-electron chi connectivity index (χ4n) is 2.28. The number of benzene rings is 1. The Bertz CT molecular complexity index is 752. The van der Waals surface area contributed by atoms with Gasteiger partial charge in [0.05, 0.1) is 0 Å². The van der Waals surface area contributed by atoms with Crippen molar-refractivity contribution in [3.8, 4) is 0 Å². The molecule has 3 rings (SSSR count). The van der Waals surface area contributed by atoms with E-state index >= 15 is 0 Å². The minimum absolute atomic E-state index is 0.410. The van der Waals surface area contributed by atoms with Gasteiger partial charge in [-0.25, -0.2) is 0 Å². The third kappa shape index (κ3) is 2.10. The maximum Gasteiger partial charge on any atom is 0.255 e. The molecule has 0 bridgehead atoms. The summed E-state index contributed by atoms with van der Waals surface area (Å²) in [5.41, 5.74) is 2.31. The Morgan fingerprint density at radius 1 is 1.30 bits per heavy atom. The predicted octanol–water partition coefficient (Wildman–Crippen LogP) is 3.24. The lowest BCUT2D eigenvalue weighted by atomic mass is 10.2. The topological polar surface area (TPSA) is 46.3 Å². The lowest BCUT2D eigenvalue weighted by Gasteiger charge is -2.25. The van der Waals surface area contributed by atoms with Crippen LogP contribution in [0.3, 0.4) is 0 Å². The second-order valence-corrected chi connectivity index (χ2v) is 4.83. The third-order valence-electron chi connectivity index (χ3n) is 3.20. The molecule has 1 aromatic carbocycles. The van der Waals surface area contributed by atoms with E-state index in [0.717, 1.165) is 18.1 Å². The Morgan fingerprint density at radius 3 is 2.85 bits per heavy atom. The van der Waals surface area contributed by atoms with Crippen molar-refractivity contribution in [1.29, 1.82) is 0 Å². The molecular weight excluding hydrogens is 274 g/mol. The minimum atomic E-state index is 0.410. The molecule has 20 heavy (non-hydrogen) atoms. The normalized spacial score (nSPS) is 10.9. The molecule has 0 amide bonds. The second kappa shape index (κ2) is 5.09. The highest BCUT2D eigenvalue weighted by atomic mass is 35.5. The van der Waals surface area contributed by atoms with E-state index in [1.165, 1.54) is 11.9 Å². The van der Waals surface area contributed by atoms with Crippen molar-refractivity contribution in [2.24, 2.45) is 0 Å². The molecule has 2 aromatic heterocycles. The molecule has 0 fully saturated rings. The zero-order valence-corrected chi connectivity index (χ0v) is 12.0.